The molecule has 1 amide bonds. The molecule has 2 heterocycles. The zero-order valence-electron chi connectivity index (χ0n) is 20.4. The first-order valence-electron chi connectivity index (χ1n) is 11.9. The van der Waals surface area contributed by atoms with E-state index in [1.54, 1.807) is 0 Å². The number of hydrogen-bond donors (Lipinski definition) is 3. The first kappa shape index (κ1) is 26.1. The number of halogens is 2. The molecule has 0 unspecified atom stereocenters. The van der Waals surface area contributed by atoms with Gasteiger partial charge < -0.3 is 20.1 Å². The predicted molar refractivity (Wildman–Crippen MR) is 143 cm³/mol. The summed E-state index contributed by atoms with van der Waals surface area (Å²) in [6, 6.07) is 9.22. The average Bonchev–Trinajstić information content (AvgIpc) is 3.27. The third kappa shape index (κ3) is 4.83. The zero-order valence-corrected chi connectivity index (χ0v) is 21.9. The lowest BCUT2D eigenvalue weighted by atomic mass is 9.79. The fourth-order valence-corrected chi connectivity index (χ4v) is 5.60. The Morgan fingerprint density at radius 2 is 1.92 bits per heavy atom. The number of phenols is 1. The number of hydrogen-bond acceptors (Lipinski definition) is 4. The van der Waals surface area contributed by atoms with E-state index in [1.165, 1.54) is 33.7 Å². The van der Waals surface area contributed by atoms with Crippen LogP contribution in [-0.2, 0) is 11.2 Å². The van der Waals surface area contributed by atoms with E-state index in [1.807, 2.05) is 4.90 Å². The van der Waals surface area contributed by atoms with Gasteiger partial charge in [-0.3, -0.25) is 9.69 Å². The van der Waals surface area contributed by atoms with Crippen LogP contribution >= 0.6 is 23.2 Å². The Hall–Kier alpha value is -3.00. The van der Waals surface area contributed by atoms with Crippen molar-refractivity contribution in [2.24, 2.45) is 5.92 Å². The topological polar surface area (TPSA) is 96.9 Å². The molecule has 36 heavy (non-hydrogen) atoms. The number of benzene rings is 2. The molecule has 9 heteroatoms. The first-order valence-corrected chi connectivity index (χ1v) is 12.6. The van der Waals surface area contributed by atoms with E-state index in [9.17, 15) is 9.59 Å². The van der Waals surface area contributed by atoms with Crippen molar-refractivity contribution >= 4 is 51.6 Å². The third-order valence-electron chi connectivity index (χ3n) is 6.92. The number of aromatic nitrogens is 1. The van der Waals surface area contributed by atoms with Crippen LogP contribution in [-0.4, -0.2) is 69.6 Å². The largest absolute Gasteiger partial charge is 0.505 e. The summed E-state index contributed by atoms with van der Waals surface area (Å²) in [6.45, 7) is 6.47. The van der Waals surface area contributed by atoms with Gasteiger partial charge in [0.1, 0.15) is 11.3 Å². The van der Waals surface area contributed by atoms with E-state index in [4.69, 9.17) is 33.4 Å². The number of carboxylic acid groups (broad SMARTS) is 1. The lowest BCUT2D eigenvalue weighted by Gasteiger charge is -2.40. The van der Waals surface area contributed by atoms with Gasteiger partial charge in [-0.15, -0.1) is 0 Å². The number of carboxylic acids is 1. The van der Waals surface area contributed by atoms with Gasteiger partial charge in [-0.25, -0.2) is 4.79 Å². The van der Waals surface area contributed by atoms with Gasteiger partial charge in [-0.2, -0.15) is 0 Å². The summed E-state index contributed by atoms with van der Waals surface area (Å²) >= 11 is 11.0. The number of aromatic amines is 1. The Labute approximate surface area is 219 Å². The molecule has 0 spiro atoms. The maximum Gasteiger partial charge on any atom is 0.339 e. The number of carbonyl (C=O) groups excluding carboxylic acids is 1. The molecule has 2 aromatic carbocycles. The van der Waals surface area contributed by atoms with E-state index < -0.39 is 11.7 Å². The van der Waals surface area contributed by atoms with Gasteiger partial charge in [0.2, 0.25) is 5.91 Å². The Morgan fingerprint density at radius 3 is 2.58 bits per heavy atom. The van der Waals surface area contributed by atoms with Crippen molar-refractivity contribution in [3.63, 3.8) is 0 Å². The van der Waals surface area contributed by atoms with Crippen molar-refractivity contribution in [1.82, 2.24) is 14.8 Å². The van der Waals surface area contributed by atoms with Gasteiger partial charge in [0.05, 0.1) is 10.9 Å². The average molecular weight is 530 g/mol. The highest BCUT2D eigenvalue weighted by molar-refractivity contribution is 6.36. The van der Waals surface area contributed by atoms with E-state index in [0.29, 0.717) is 6.04 Å². The summed E-state index contributed by atoms with van der Waals surface area (Å²) in [5.41, 5.74) is 4.91. The van der Waals surface area contributed by atoms with Crippen LogP contribution in [0.15, 0.2) is 42.6 Å². The van der Waals surface area contributed by atoms with Crippen LogP contribution in [0.4, 0.5) is 0 Å². The van der Waals surface area contributed by atoms with Crippen LogP contribution in [0.2, 0.25) is 10.0 Å². The molecule has 1 aromatic heterocycles. The second kappa shape index (κ2) is 10.5. The molecule has 3 N–H and O–H groups in total. The minimum Gasteiger partial charge on any atom is -0.505 e. The van der Waals surface area contributed by atoms with Gasteiger partial charge in [-0.05, 0) is 62.2 Å². The molecular weight excluding hydrogens is 501 g/mol. The molecule has 1 aliphatic heterocycles. The van der Waals surface area contributed by atoms with Gasteiger partial charge in [-0.1, -0.05) is 41.4 Å². The van der Waals surface area contributed by atoms with E-state index in [2.05, 4.69) is 61.3 Å². The molecule has 7 nitrogen and oxygen atoms in total. The number of carbonyl (C=O) groups is 2. The van der Waals surface area contributed by atoms with E-state index >= 15 is 0 Å². The molecule has 0 fully saturated rings. The fraction of sp³-hybridized carbons (Fsp3) is 0.333. The zero-order chi connectivity index (χ0) is 26.1. The number of amides is 1. The molecule has 1 aliphatic carbocycles. The van der Waals surface area contributed by atoms with Crippen LogP contribution in [0.3, 0.4) is 0 Å². The standard InChI is InChI=1S/C20H25N3O.C7H4Cl2O3/c1-4-23(5-2)20(24)14-9-16-15-7-6-8-17-19(15)13(11-21-17)10-18(16)22(3)12-14;8-3-1-4(7(11)12)6(10)5(9)2-3/h6-9,11,14,18,21H,4-5,10,12H2,1-3H3;1-2,10H,(H,11,12)/t14-,18-;/m1./s1. The van der Waals surface area contributed by atoms with Crippen LogP contribution in [0.25, 0.3) is 16.5 Å². The summed E-state index contributed by atoms with van der Waals surface area (Å²) in [5.74, 6) is -1.52. The number of rotatable bonds is 4. The highest BCUT2D eigenvalue weighted by atomic mass is 35.5. The minimum absolute atomic E-state index is 0.0445. The molecule has 5 rings (SSSR count). The number of aromatic hydroxyl groups is 1. The molecule has 2 atom stereocenters. The van der Waals surface area contributed by atoms with Crippen molar-refractivity contribution in [3.8, 4) is 5.75 Å². The number of fused-ring (bicyclic) bond motifs is 2. The molecule has 2 aliphatic rings. The summed E-state index contributed by atoms with van der Waals surface area (Å²) in [4.78, 5) is 31.0. The Kier molecular flexibility index (Phi) is 7.64. The monoisotopic (exact) mass is 529 g/mol. The smallest absolute Gasteiger partial charge is 0.339 e. The van der Waals surface area contributed by atoms with Crippen molar-refractivity contribution in [2.45, 2.75) is 26.3 Å². The molecule has 0 saturated carbocycles. The highest BCUT2D eigenvalue weighted by Gasteiger charge is 2.36. The van der Waals surface area contributed by atoms with Crippen LogP contribution in [0, 0.1) is 5.92 Å². The third-order valence-corrected chi connectivity index (χ3v) is 7.43. The van der Waals surface area contributed by atoms with Gasteiger partial charge in [0.15, 0.2) is 0 Å². The van der Waals surface area contributed by atoms with Crippen molar-refractivity contribution < 1.29 is 19.8 Å². The van der Waals surface area contributed by atoms with Crippen LogP contribution in [0.1, 0.15) is 35.3 Å². The minimum atomic E-state index is -1.27. The molecule has 0 bridgehead atoms. The highest BCUT2D eigenvalue weighted by Crippen LogP contribution is 2.41. The van der Waals surface area contributed by atoms with Crippen LogP contribution < -0.4 is 0 Å². The normalized spacial score (nSPS) is 18.6. The SMILES string of the molecule is CCN(CC)C(=O)[C@@H]1C=C2c3cccc4[nH]cc(c34)C[C@H]2N(C)C1.O=C(O)c1cc(Cl)cc(Cl)c1O. The lowest BCUT2D eigenvalue weighted by molar-refractivity contribution is -0.134. The number of H-pyrrole nitrogens is 1. The molecular formula is C27H29Cl2N3O4. The summed E-state index contributed by atoms with van der Waals surface area (Å²) in [7, 11) is 2.15. The van der Waals surface area contributed by atoms with Crippen LogP contribution in [0.5, 0.6) is 5.75 Å². The number of nitrogens with zero attached hydrogens (tertiary/aromatic N) is 2. The van der Waals surface area contributed by atoms with E-state index in [-0.39, 0.29) is 27.4 Å². The number of nitrogens with one attached hydrogen (secondary N) is 1. The number of likely N-dealkylation sites (N-methyl/N-ethyl adjacent to an activating group) is 1. The van der Waals surface area contributed by atoms with E-state index in [0.717, 1.165) is 32.1 Å². The quantitative estimate of drug-likeness (QED) is 0.425. The summed E-state index contributed by atoms with van der Waals surface area (Å²) < 4.78 is 0. The molecule has 3 aromatic rings. The maximum atomic E-state index is 12.9. The number of aromatic carboxylic acids is 1. The molecule has 0 saturated heterocycles. The maximum absolute atomic E-state index is 12.9. The van der Waals surface area contributed by atoms with Crippen molar-refractivity contribution in [1.29, 1.82) is 0 Å². The Bertz CT molecular complexity index is 1350. The molecule has 0 radical (unpaired) electrons. The van der Waals surface area contributed by atoms with Crippen molar-refractivity contribution in [3.05, 3.63) is 69.3 Å². The van der Waals surface area contributed by atoms with Crippen molar-refractivity contribution in [2.75, 3.05) is 26.7 Å². The summed E-state index contributed by atoms with van der Waals surface area (Å²) in [6.07, 6.45) is 5.41. The fourth-order valence-electron chi connectivity index (χ4n) is 5.10. The molecule has 190 valence electrons. The van der Waals surface area contributed by atoms with Gasteiger partial charge in [0, 0.05) is 47.8 Å². The summed E-state index contributed by atoms with van der Waals surface area (Å²) in [5, 5.41) is 19.1. The second-order valence-corrected chi connectivity index (χ2v) is 9.87. The predicted octanol–water partition coefficient (Wildman–Crippen LogP) is 5.30. The van der Waals surface area contributed by atoms with Gasteiger partial charge in [0.25, 0.3) is 0 Å². The first-order chi connectivity index (χ1) is 17.2. The Morgan fingerprint density at radius 1 is 1.19 bits per heavy atom. The lowest BCUT2D eigenvalue weighted by Crippen LogP contribution is -2.47. The Balaban J connectivity index is 0.000000214. The second-order valence-electron chi connectivity index (χ2n) is 9.03. The van der Waals surface area contributed by atoms with Gasteiger partial charge >= 0.3 is 5.97 Å².